The number of nitrogens with one attached hydrogen (secondary N) is 1. The number of carbonyl (C=O) groups excluding carboxylic acids is 1. The predicted molar refractivity (Wildman–Crippen MR) is 110 cm³/mol. The molecule has 1 N–H and O–H groups in total. The third-order valence-electron chi connectivity index (χ3n) is 3.59. The first-order valence-electron chi connectivity index (χ1n) is 7.88. The van der Waals surface area contributed by atoms with Crippen molar-refractivity contribution >= 4 is 51.9 Å². The Hall–Kier alpha value is -2.02. The molecule has 2 aromatic rings. The van der Waals surface area contributed by atoms with Crippen LogP contribution in [0.3, 0.4) is 0 Å². The van der Waals surface area contributed by atoms with Gasteiger partial charge >= 0.3 is 0 Å². The smallest absolute Gasteiger partial charge is 0.263 e. The van der Waals surface area contributed by atoms with Crippen molar-refractivity contribution in [3.63, 3.8) is 0 Å². The van der Waals surface area contributed by atoms with Crippen LogP contribution in [0.4, 0.5) is 0 Å². The van der Waals surface area contributed by atoms with E-state index in [1.807, 2.05) is 31.2 Å². The summed E-state index contributed by atoms with van der Waals surface area (Å²) in [6.45, 7) is 2.77. The molecule has 1 fully saturated rings. The number of ether oxygens (including phenoxy) is 2. The van der Waals surface area contributed by atoms with Gasteiger partial charge in [-0.15, -0.1) is 0 Å². The van der Waals surface area contributed by atoms with Crippen LogP contribution >= 0.6 is 35.6 Å². The molecule has 0 bridgehead atoms. The monoisotopic (exact) mass is 405 g/mol. The summed E-state index contributed by atoms with van der Waals surface area (Å²) >= 11 is 12.3. The third kappa shape index (κ3) is 4.78. The van der Waals surface area contributed by atoms with E-state index in [-0.39, 0.29) is 5.91 Å². The lowest BCUT2D eigenvalue weighted by molar-refractivity contribution is -0.115. The van der Waals surface area contributed by atoms with Gasteiger partial charge in [-0.05, 0) is 42.8 Å². The molecule has 1 saturated heterocycles. The molecule has 0 spiro atoms. The fraction of sp³-hybridized carbons (Fsp3) is 0.158. The minimum Gasteiger partial charge on any atom is -0.490 e. The molecule has 0 radical (unpaired) electrons. The Morgan fingerprint density at radius 3 is 2.58 bits per heavy atom. The number of para-hydroxylation sites is 1. The first kappa shape index (κ1) is 18.8. The fourth-order valence-corrected chi connectivity index (χ4v) is 3.56. The highest BCUT2D eigenvalue weighted by molar-refractivity contribution is 8.26. The van der Waals surface area contributed by atoms with Crippen LogP contribution in [-0.2, 0) is 4.79 Å². The Kier molecular flexibility index (Phi) is 6.19. The van der Waals surface area contributed by atoms with E-state index in [0.717, 1.165) is 16.9 Å². The minimum absolute atomic E-state index is 0.214. The van der Waals surface area contributed by atoms with Crippen LogP contribution in [0.1, 0.15) is 11.1 Å². The topological polar surface area (TPSA) is 47.6 Å². The summed E-state index contributed by atoms with van der Waals surface area (Å²) in [4.78, 5) is 12.4. The van der Waals surface area contributed by atoms with Crippen LogP contribution in [0.15, 0.2) is 47.4 Å². The molecule has 26 heavy (non-hydrogen) atoms. The molecular formula is C19H16ClNO3S2. The number of thioether (sulfide) groups is 1. The summed E-state index contributed by atoms with van der Waals surface area (Å²) in [7, 11) is 0. The molecule has 134 valence electrons. The van der Waals surface area contributed by atoms with E-state index >= 15 is 0 Å². The molecule has 0 atom stereocenters. The van der Waals surface area contributed by atoms with Gasteiger partial charge < -0.3 is 14.8 Å². The molecule has 1 aliphatic heterocycles. The van der Waals surface area contributed by atoms with Crippen LogP contribution in [0.2, 0.25) is 5.02 Å². The van der Waals surface area contributed by atoms with Crippen LogP contribution in [0.25, 0.3) is 6.08 Å². The molecule has 2 aromatic carbocycles. The Morgan fingerprint density at radius 1 is 1.15 bits per heavy atom. The maximum atomic E-state index is 11.9. The summed E-state index contributed by atoms with van der Waals surface area (Å²) in [6, 6.07) is 13.1. The number of amides is 1. The van der Waals surface area contributed by atoms with Crippen LogP contribution in [0.5, 0.6) is 11.5 Å². The largest absolute Gasteiger partial charge is 0.490 e. The standard InChI is InChI=1S/C19H16ClNO3S2/c1-12-4-2-3-5-15(12)23-8-9-24-16-7-6-14(20)10-13(16)11-17-18(22)21-19(25)26-17/h2-7,10-11H,8-9H2,1H3,(H,21,22,25)/b17-11-. The van der Waals surface area contributed by atoms with E-state index in [1.165, 1.54) is 11.8 Å². The number of thiocarbonyl (C=S) groups is 1. The number of hydrogen-bond donors (Lipinski definition) is 1. The molecule has 0 aromatic heterocycles. The molecule has 0 saturated carbocycles. The first-order valence-corrected chi connectivity index (χ1v) is 9.49. The van der Waals surface area contributed by atoms with Gasteiger partial charge in [0, 0.05) is 10.6 Å². The number of benzene rings is 2. The van der Waals surface area contributed by atoms with Gasteiger partial charge in [-0.25, -0.2) is 0 Å². The molecule has 0 unspecified atom stereocenters. The highest BCUT2D eigenvalue weighted by atomic mass is 35.5. The summed E-state index contributed by atoms with van der Waals surface area (Å²) < 4.78 is 12.0. The molecule has 3 rings (SSSR count). The number of carbonyl (C=O) groups is 1. The van der Waals surface area contributed by atoms with Gasteiger partial charge in [-0.1, -0.05) is 53.8 Å². The maximum absolute atomic E-state index is 11.9. The molecule has 1 heterocycles. The SMILES string of the molecule is Cc1ccccc1OCCOc1ccc(Cl)cc1/C=C1\SC(=S)NC1=O. The van der Waals surface area contributed by atoms with Crippen LogP contribution < -0.4 is 14.8 Å². The van der Waals surface area contributed by atoms with E-state index in [0.29, 0.717) is 33.2 Å². The fourth-order valence-electron chi connectivity index (χ4n) is 2.35. The molecule has 1 amide bonds. The third-order valence-corrected chi connectivity index (χ3v) is 4.99. The molecule has 7 heteroatoms. The molecular weight excluding hydrogens is 390 g/mol. The van der Waals surface area contributed by atoms with Crippen molar-refractivity contribution in [3.05, 3.63) is 63.5 Å². The summed E-state index contributed by atoms with van der Waals surface area (Å²) in [5, 5.41) is 3.15. The molecule has 0 aliphatic carbocycles. The second kappa shape index (κ2) is 8.58. The Labute approximate surface area is 166 Å². The zero-order chi connectivity index (χ0) is 18.5. The van der Waals surface area contributed by atoms with Gasteiger partial charge in [0.05, 0.1) is 4.91 Å². The second-order valence-electron chi connectivity index (χ2n) is 5.50. The van der Waals surface area contributed by atoms with Crippen molar-refractivity contribution in [2.24, 2.45) is 0 Å². The number of hydrogen-bond acceptors (Lipinski definition) is 5. The lowest BCUT2D eigenvalue weighted by atomic mass is 10.2. The first-order chi connectivity index (χ1) is 12.5. The van der Waals surface area contributed by atoms with E-state index in [2.05, 4.69) is 5.32 Å². The van der Waals surface area contributed by atoms with Crippen molar-refractivity contribution < 1.29 is 14.3 Å². The number of aryl methyl sites for hydroxylation is 1. The van der Waals surface area contributed by atoms with Gasteiger partial charge in [0.1, 0.15) is 29.0 Å². The lowest BCUT2D eigenvalue weighted by Gasteiger charge is -2.12. The second-order valence-corrected chi connectivity index (χ2v) is 7.65. The van der Waals surface area contributed by atoms with Gasteiger partial charge in [0.15, 0.2) is 0 Å². The summed E-state index contributed by atoms with van der Waals surface area (Å²) in [5.41, 5.74) is 1.79. The summed E-state index contributed by atoms with van der Waals surface area (Å²) in [5.74, 6) is 1.25. The van der Waals surface area contributed by atoms with Gasteiger partial charge in [0.2, 0.25) is 0 Å². The van der Waals surface area contributed by atoms with Gasteiger partial charge in [-0.2, -0.15) is 0 Å². The molecule has 1 aliphatic rings. The normalized spacial score (nSPS) is 15.2. The quantitative estimate of drug-likeness (QED) is 0.432. The zero-order valence-corrected chi connectivity index (χ0v) is 16.3. The maximum Gasteiger partial charge on any atom is 0.263 e. The van der Waals surface area contributed by atoms with Gasteiger partial charge in [-0.3, -0.25) is 4.79 Å². The van der Waals surface area contributed by atoms with E-state index in [9.17, 15) is 4.79 Å². The molecule has 4 nitrogen and oxygen atoms in total. The van der Waals surface area contributed by atoms with Crippen molar-refractivity contribution in [1.82, 2.24) is 5.32 Å². The number of halogens is 1. The number of rotatable bonds is 6. The van der Waals surface area contributed by atoms with E-state index in [4.69, 9.17) is 33.3 Å². The highest BCUT2D eigenvalue weighted by Gasteiger charge is 2.22. The highest BCUT2D eigenvalue weighted by Crippen LogP contribution is 2.31. The Balaban J connectivity index is 1.66. The zero-order valence-electron chi connectivity index (χ0n) is 14.0. The van der Waals surface area contributed by atoms with Crippen molar-refractivity contribution in [2.75, 3.05) is 13.2 Å². The average Bonchev–Trinajstić information content (AvgIpc) is 2.92. The average molecular weight is 406 g/mol. The van der Waals surface area contributed by atoms with Crippen molar-refractivity contribution in [2.45, 2.75) is 6.92 Å². The minimum atomic E-state index is -0.214. The van der Waals surface area contributed by atoms with Gasteiger partial charge in [0.25, 0.3) is 5.91 Å². The predicted octanol–water partition coefficient (Wildman–Crippen LogP) is 4.60. The van der Waals surface area contributed by atoms with E-state index < -0.39 is 0 Å². The van der Waals surface area contributed by atoms with Crippen molar-refractivity contribution in [3.8, 4) is 11.5 Å². The Bertz CT molecular complexity index is 883. The van der Waals surface area contributed by atoms with Crippen LogP contribution in [0, 0.1) is 6.92 Å². The Morgan fingerprint density at radius 2 is 1.88 bits per heavy atom. The van der Waals surface area contributed by atoms with E-state index in [1.54, 1.807) is 24.3 Å². The van der Waals surface area contributed by atoms with Crippen LogP contribution in [-0.4, -0.2) is 23.4 Å². The van der Waals surface area contributed by atoms with Crippen molar-refractivity contribution in [1.29, 1.82) is 0 Å². The lowest BCUT2D eigenvalue weighted by Crippen LogP contribution is -2.17. The summed E-state index contributed by atoms with van der Waals surface area (Å²) in [6.07, 6.45) is 1.72.